The Labute approximate surface area is 136 Å². The van der Waals surface area contributed by atoms with Crippen molar-refractivity contribution < 1.29 is 10.0 Å². The van der Waals surface area contributed by atoms with Gasteiger partial charge in [0.15, 0.2) is 0 Å². The van der Waals surface area contributed by atoms with E-state index >= 15 is 0 Å². The van der Waals surface area contributed by atoms with Crippen molar-refractivity contribution in [3.63, 3.8) is 0 Å². The molecule has 3 nitrogen and oxygen atoms in total. The van der Waals surface area contributed by atoms with Crippen LogP contribution in [0.4, 0.5) is 5.69 Å². The molecule has 1 aliphatic carbocycles. The summed E-state index contributed by atoms with van der Waals surface area (Å²) in [6, 6.07) is 23.9. The van der Waals surface area contributed by atoms with Crippen molar-refractivity contribution in [2.24, 2.45) is 0 Å². The number of nitrogen functional groups attached to an aromatic ring is 1. The van der Waals surface area contributed by atoms with Gasteiger partial charge in [-0.15, -0.1) is 0 Å². The molecule has 0 saturated carbocycles. The number of anilines is 1. The van der Waals surface area contributed by atoms with E-state index in [0.29, 0.717) is 11.2 Å². The molecule has 0 spiro atoms. The van der Waals surface area contributed by atoms with Crippen LogP contribution in [0.3, 0.4) is 0 Å². The Morgan fingerprint density at radius 2 is 1.17 bits per heavy atom. The zero-order valence-corrected chi connectivity index (χ0v) is 12.7. The molecule has 0 bridgehead atoms. The van der Waals surface area contributed by atoms with Crippen LogP contribution in [0.25, 0.3) is 11.1 Å². The third-order valence-corrected chi connectivity index (χ3v) is 3.98. The zero-order valence-electron chi connectivity index (χ0n) is 12.7. The van der Waals surface area contributed by atoms with Crippen LogP contribution in [0, 0.1) is 0 Å². The fourth-order valence-electron chi connectivity index (χ4n) is 2.83. The van der Waals surface area contributed by atoms with E-state index in [1.54, 1.807) is 24.3 Å². The van der Waals surface area contributed by atoms with Crippen LogP contribution >= 0.6 is 0 Å². The smallest absolute Gasteiger partial charge is 0.423 e. The molecule has 3 aromatic carbocycles. The van der Waals surface area contributed by atoms with Crippen LogP contribution in [0.1, 0.15) is 11.1 Å². The van der Waals surface area contributed by atoms with Gasteiger partial charge in [0, 0.05) is 11.2 Å². The molecular weight excluding hydrogens is 285 g/mol. The van der Waals surface area contributed by atoms with Gasteiger partial charge in [0.05, 0.1) is 0 Å². The molecule has 3 aromatic rings. The summed E-state index contributed by atoms with van der Waals surface area (Å²) in [5.74, 6) is 0. The molecular formula is C19H18BNO2. The van der Waals surface area contributed by atoms with Gasteiger partial charge in [-0.3, -0.25) is 0 Å². The van der Waals surface area contributed by atoms with Crippen molar-refractivity contribution in [1.82, 2.24) is 0 Å². The van der Waals surface area contributed by atoms with Crippen LogP contribution < -0.4 is 11.2 Å². The van der Waals surface area contributed by atoms with Crippen molar-refractivity contribution in [2.75, 3.05) is 5.73 Å². The third kappa shape index (κ3) is 3.28. The highest BCUT2D eigenvalue weighted by atomic mass is 16.4. The topological polar surface area (TPSA) is 66.5 Å². The van der Waals surface area contributed by atoms with Gasteiger partial charge in [-0.2, -0.15) is 0 Å². The standard InChI is InChI=1S/C13H10.C6H8BNO2/c1-3-7-12-10(5-1)9-11-6-2-4-8-13(11)12;8-6-4-2-1-3-5(6)7(9)10/h1-8H,9H2;1-4,9-10H,8H2. The number of fused-ring (bicyclic) bond motifs is 3. The fourth-order valence-corrected chi connectivity index (χ4v) is 2.83. The lowest BCUT2D eigenvalue weighted by Gasteiger charge is -2.01. The maximum atomic E-state index is 8.68. The van der Waals surface area contributed by atoms with Gasteiger partial charge in [0.1, 0.15) is 0 Å². The first kappa shape index (κ1) is 15.3. The average molecular weight is 303 g/mol. The SMILES string of the molecule is Nc1ccccc1B(O)O.c1ccc2c(c1)Cc1ccccc1-2. The van der Waals surface area contributed by atoms with E-state index in [-0.39, 0.29) is 0 Å². The summed E-state index contributed by atoms with van der Waals surface area (Å²) in [5, 5.41) is 17.4. The minimum atomic E-state index is -1.47. The Hall–Kier alpha value is -2.56. The first-order chi connectivity index (χ1) is 11.2. The van der Waals surface area contributed by atoms with Crippen LogP contribution in [-0.4, -0.2) is 17.2 Å². The highest BCUT2D eigenvalue weighted by molar-refractivity contribution is 6.60. The molecule has 0 heterocycles. The number of benzene rings is 3. The summed E-state index contributed by atoms with van der Waals surface area (Å²) in [4.78, 5) is 0. The minimum Gasteiger partial charge on any atom is -0.423 e. The number of hydrogen-bond acceptors (Lipinski definition) is 3. The number of rotatable bonds is 1. The molecule has 114 valence electrons. The normalized spacial score (nSPS) is 11.0. The van der Waals surface area contributed by atoms with Gasteiger partial charge in [-0.1, -0.05) is 66.7 Å². The van der Waals surface area contributed by atoms with E-state index in [1.807, 2.05) is 0 Å². The second-order valence-corrected chi connectivity index (χ2v) is 5.49. The second kappa shape index (κ2) is 6.69. The molecule has 0 fully saturated rings. The molecule has 4 heteroatoms. The highest BCUT2D eigenvalue weighted by Gasteiger charge is 2.15. The molecule has 0 saturated heterocycles. The van der Waals surface area contributed by atoms with Gasteiger partial charge in [-0.05, 0) is 34.7 Å². The molecule has 0 unspecified atom stereocenters. The molecule has 4 N–H and O–H groups in total. The highest BCUT2D eigenvalue weighted by Crippen LogP contribution is 2.35. The third-order valence-electron chi connectivity index (χ3n) is 3.98. The van der Waals surface area contributed by atoms with Crippen LogP contribution in [0.2, 0.25) is 0 Å². The predicted octanol–water partition coefficient (Wildman–Crippen LogP) is 2.21. The molecule has 1 aliphatic rings. The van der Waals surface area contributed by atoms with E-state index in [0.717, 1.165) is 6.42 Å². The molecule has 0 aliphatic heterocycles. The Morgan fingerprint density at radius 1 is 0.696 bits per heavy atom. The van der Waals surface area contributed by atoms with Crippen molar-refractivity contribution in [3.8, 4) is 11.1 Å². The van der Waals surface area contributed by atoms with Crippen molar-refractivity contribution in [3.05, 3.63) is 83.9 Å². The van der Waals surface area contributed by atoms with Crippen molar-refractivity contribution >= 4 is 18.3 Å². The summed E-state index contributed by atoms with van der Waals surface area (Å²) in [6.07, 6.45) is 1.10. The molecule has 4 rings (SSSR count). The Kier molecular flexibility index (Phi) is 4.46. The van der Waals surface area contributed by atoms with E-state index in [2.05, 4.69) is 48.5 Å². The van der Waals surface area contributed by atoms with Crippen LogP contribution in [0.5, 0.6) is 0 Å². The van der Waals surface area contributed by atoms with E-state index < -0.39 is 7.12 Å². The van der Waals surface area contributed by atoms with Gasteiger partial charge in [0.25, 0.3) is 0 Å². The first-order valence-corrected chi connectivity index (χ1v) is 7.53. The lowest BCUT2D eigenvalue weighted by molar-refractivity contribution is 0.426. The average Bonchev–Trinajstić information content (AvgIpc) is 2.94. The summed E-state index contributed by atoms with van der Waals surface area (Å²) in [6.45, 7) is 0. The largest absolute Gasteiger partial charge is 0.490 e. The maximum absolute atomic E-state index is 8.68. The summed E-state index contributed by atoms with van der Waals surface area (Å²) >= 11 is 0. The van der Waals surface area contributed by atoms with E-state index in [9.17, 15) is 0 Å². The zero-order chi connectivity index (χ0) is 16.2. The minimum absolute atomic E-state index is 0.350. The Balaban J connectivity index is 0.000000142. The van der Waals surface area contributed by atoms with E-state index in [4.69, 9.17) is 15.8 Å². The van der Waals surface area contributed by atoms with Crippen molar-refractivity contribution in [2.45, 2.75) is 6.42 Å². The molecule has 0 radical (unpaired) electrons. The molecule has 23 heavy (non-hydrogen) atoms. The lowest BCUT2D eigenvalue weighted by Crippen LogP contribution is -2.31. The Morgan fingerprint density at radius 3 is 1.65 bits per heavy atom. The number of hydrogen-bond donors (Lipinski definition) is 3. The van der Waals surface area contributed by atoms with Gasteiger partial charge < -0.3 is 15.8 Å². The van der Waals surface area contributed by atoms with Gasteiger partial charge in [-0.25, -0.2) is 0 Å². The van der Waals surface area contributed by atoms with Crippen molar-refractivity contribution in [1.29, 1.82) is 0 Å². The van der Waals surface area contributed by atoms with Gasteiger partial charge >= 0.3 is 7.12 Å². The van der Waals surface area contributed by atoms with Crippen LogP contribution in [-0.2, 0) is 6.42 Å². The quantitative estimate of drug-likeness (QED) is 0.373. The fraction of sp³-hybridized carbons (Fsp3) is 0.0526. The summed E-state index contributed by atoms with van der Waals surface area (Å²) < 4.78 is 0. The second-order valence-electron chi connectivity index (χ2n) is 5.49. The maximum Gasteiger partial charge on any atom is 0.490 e. The van der Waals surface area contributed by atoms with Crippen LogP contribution in [0.15, 0.2) is 72.8 Å². The molecule has 0 amide bonds. The lowest BCUT2D eigenvalue weighted by atomic mass is 9.79. The summed E-state index contributed by atoms with van der Waals surface area (Å²) in [7, 11) is -1.47. The Bertz CT molecular complexity index is 774. The first-order valence-electron chi connectivity index (χ1n) is 7.53. The predicted molar refractivity (Wildman–Crippen MR) is 95.4 cm³/mol. The summed E-state index contributed by atoms with van der Waals surface area (Å²) in [5.41, 5.74) is 11.9. The number of nitrogens with two attached hydrogens (primary N) is 1. The molecule has 0 atom stereocenters. The number of para-hydroxylation sites is 1. The monoisotopic (exact) mass is 303 g/mol. The van der Waals surface area contributed by atoms with E-state index in [1.165, 1.54) is 22.3 Å². The van der Waals surface area contributed by atoms with Gasteiger partial charge in [0.2, 0.25) is 0 Å². The molecule has 0 aromatic heterocycles.